The quantitative estimate of drug-likeness (QED) is 0.230. The number of hydrogen-bond donors (Lipinski definition) is 3. The van der Waals surface area contributed by atoms with E-state index in [1.54, 1.807) is 47.9 Å². The van der Waals surface area contributed by atoms with Crippen LogP contribution in [-0.4, -0.2) is 41.0 Å². The molecule has 0 atom stereocenters. The van der Waals surface area contributed by atoms with Gasteiger partial charge in [-0.25, -0.2) is 9.37 Å². The van der Waals surface area contributed by atoms with Gasteiger partial charge < -0.3 is 10.3 Å². The molecular formula is C29H19FN8OS. The smallest absolute Gasteiger partial charge is 0.255 e. The number of imidazole rings is 1. The number of H-pyrrole nitrogens is 2. The van der Waals surface area contributed by atoms with E-state index in [2.05, 4.69) is 35.5 Å². The number of pyridine rings is 3. The summed E-state index contributed by atoms with van der Waals surface area (Å²) in [6.45, 7) is 2.04. The lowest BCUT2D eigenvalue weighted by Crippen LogP contribution is -2.11. The Balaban J connectivity index is 1.28. The van der Waals surface area contributed by atoms with Gasteiger partial charge in [0.25, 0.3) is 5.91 Å². The van der Waals surface area contributed by atoms with E-state index in [9.17, 15) is 4.79 Å². The zero-order chi connectivity index (χ0) is 27.2. The molecule has 9 nitrogen and oxygen atoms in total. The molecule has 194 valence electrons. The van der Waals surface area contributed by atoms with Crippen LogP contribution >= 0.6 is 11.3 Å². The van der Waals surface area contributed by atoms with Gasteiger partial charge >= 0.3 is 0 Å². The van der Waals surface area contributed by atoms with Crippen LogP contribution in [0.2, 0.25) is 0 Å². The molecule has 6 heterocycles. The van der Waals surface area contributed by atoms with Gasteiger partial charge in [-0.15, -0.1) is 11.3 Å². The summed E-state index contributed by atoms with van der Waals surface area (Å²) in [6, 6.07) is 16.3. The Morgan fingerprint density at radius 3 is 2.65 bits per heavy atom. The highest BCUT2D eigenvalue weighted by Crippen LogP contribution is 2.35. The Morgan fingerprint density at radius 2 is 1.82 bits per heavy atom. The molecule has 0 saturated carbocycles. The molecule has 0 unspecified atom stereocenters. The van der Waals surface area contributed by atoms with E-state index in [0.29, 0.717) is 39.4 Å². The number of fused-ring (bicyclic) bond motifs is 2. The average molecular weight is 547 g/mol. The number of anilines is 1. The van der Waals surface area contributed by atoms with Gasteiger partial charge in [0.15, 0.2) is 11.6 Å². The predicted molar refractivity (Wildman–Crippen MR) is 152 cm³/mol. The molecule has 0 spiro atoms. The number of halogens is 1. The maximum Gasteiger partial charge on any atom is 0.255 e. The fourth-order valence-electron chi connectivity index (χ4n) is 4.57. The SMILES string of the molecule is Cc1ccc(-c2nccc3[nH]c(-c4n[nH]c5cnc(-c6cncc(NC(=O)c7ccccc7)c6)c(F)c45)nc23)s1. The number of amides is 1. The minimum Gasteiger partial charge on any atom is -0.336 e. The third kappa shape index (κ3) is 4.09. The Hall–Kier alpha value is -5.29. The number of rotatable bonds is 5. The summed E-state index contributed by atoms with van der Waals surface area (Å²) in [5.74, 6) is -0.471. The molecular weight excluding hydrogens is 527 g/mol. The largest absolute Gasteiger partial charge is 0.336 e. The van der Waals surface area contributed by atoms with Crippen LogP contribution in [0.1, 0.15) is 15.2 Å². The van der Waals surface area contributed by atoms with Crippen LogP contribution < -0.4 is 5.32 Å². The van der Waals surface area contributed by atoms with Crippen LogP contribution in [-0.2, 0) is 0 Å². The average Bonchev–Trinajstić information content (AvgIpc) is 3.72. The summed E-state index contributed by atoms with van der Waals surface area (Å²) in [5, 5.41) is 10.3. The lowest BCUT2D eigenvalue weighted by Gasteiger charge is -2.08. The highest BCUT2D eigenvalue weighted by Gasteiger charge is 2.22. The first-order valence-electron chi connectivity index (χ1n) is 12.3. The number of thiophene rings is 1. The van der Waals surface area contributed by atoms with E-state index in [0.717, 1.165) is 16.1 Å². The first-order valence-corrected chi connectivity index (χ1v) is 13.1. The molecule has 0 aliphatic heterocycles. The van der Waals surface area contributed by atoms with Gasteiger partial charge in [0.05, 0.1) is 39.4 Å². The highest BCUT2D eigenvalue weighted by atomic mass is 32.1. The van der Waals surface area contributed by atoms with Crippen molar-refractivity contribution in [2.24, 2.45) is 0 Å². The zero-order valence-corrected chi connectivity index (χ0v) is 21.8. The molecule has 40 heavy (non-hydrogen) atoms. The van der Waals surface area contributed by atoms with Crippen molar-refractivity contribution < 1.29 is 9.18 Å². The van der Waals surface area contributed by atoms with Crippen molar-refractivity contribution in [3.63, 3.8) is 0 Å². The van der Waals surface area contributed by atoms with E-state index < -0.39 is 5.82 Å². The molecule has 0 aliphatic rings. The van der Waals surface area contributed by atoms with Gasteiger partial charge in [-0.3, -0.25) is 24.8 Å². The summed E-state index contributed by atoms with van der Waals surface area (Å²) in [7, 11) is 0. The third-order valence-corrected chi connectivity index (χ3v) is 7.46. The Morgan fingerprint density at radius 1 is 0.950 bits per heavy atom. The molecule has 1 aromatic carbocycles. The van der Waals surface area contributed by atoms with Gasteiger partial charge in [-0.2, -0.15) is 5.10 Å². The maximum atomic E-state index is 16.1. The number of aryl methyl sites for hydroxylation is 1. The molecule has 0 radical (unpaired) electrons. The second-order valence-electron chi connectivity index (χ2n) is 9.12. The van der Waals surface area contributed by atoms with Gasteiger partial charge in [0.1, 0.15) is 22.6 Å². The summed E-state index contributed by atoms with van der Waals surface area (Å²) in [4.78, 5) is 35.9. The number of carbonyl (C=O) groups excluding carboxylic acids is 1. The highest BCUT2D eigenvalue weighted by molar-refractivity contribution is 7.15. The second kappa shape index (κ2) is 9.47. The molecule has 7 aromatic rings. The fourth-order valence-corrected chi connectivity index (χ4v) is 5.43. The van der Waals surface area contributed by atoms with E-state index >= 15 is 4.39 Å². The Labute approximate surface area is 230 Å². The third-order valence-electron chi connectivity index (χ3n) is 6.45. The van der Waals surface area contributed by atoms with Gasteiger partial charge in [-0.1, -0.05) is 18.2 Å². The molecule has 1 amide bonds. The number of hydrogen-bond acceptors (Lipinski definition) is 7. The summed E-state index contributed by atoms with van der Waals surface area (Å²) in [5.41, 5.74) is 4.34. The lowest BCUT2D eigenvalue weighted by atomic mass is 10.1. The van der Waals surface area contributed by atoms with Gasteiger partial charge in [0, 0.05) is 28.4 Å². The van der Waals surface area contributed by atoms with E-state index in [4.69, 9.17) is 4.98 Å². The summed E-state index contributed by atoms with van der Waals surface area (Å²) >= 11 is 1.63. The van der Waals surface area contributed by atoms with Gasteiger partial charge in [0.2, 0.25) is 0 Å². The predicted octanol–water partition coefficient (Wildman–Crippen LogP) is 6.39. The monoisotopic (exact) mass is 546 g/mol. The summed E-state index contributed by atoms with van der Waals surface area (Å²) < 4.78 is 16.1. The number of aromatic amines is 2. The maximum absolute atomic E-state index is 16.1. The Bertz CT molecular complexity index is 2050. The first kappa shape index (κ1) is 23.8. The number of benzene rings is 1. The van der Waals surface area contributed by atoms with Crippen LogP contribution in [0, 0.1) is 12.7 Å². The van der Waals surface area contributed by atoms with E-state index in [1.807, 2.05) is 31.2 Å². The molecule has 0 saturated heterocycles. The second-order valence-corrected chi connectivity index (χ2v) is 10.4. The van der Waals surface area contributed by atoms with Crippen molar-refractivity contribution in [2.45, 2.75) is 6.92 Å². The number of carbonyl (C=O) groups is 1. The normalized spacial score (nSPS) is 11.3. The minimum atomic E-state index is -0.581. The van der Waals surface area contributed by atoms with Gasteiger partial charge in [-0.05, 0) is 43.3 Å². The topological polar surface area (TPSA) is 125 Å². The number of nitrogens with zero attached hydrogens (tertiary/aromatic N) is 5. The van der Waals surface area contributed by atoms with Crippen molar-refractivity contribution >= 4 is 44.9 Å². The standard InChI is InChI=1S/C29H19FN8OS/c1-15-7-8-21(40-15)26-25-19(9-10-32-26)35-28(36-25)27-22-20(37-38-27)14-33-24(23(22)30)17-11-18(13-31-12-17)34-29(39)16-5-3-2-4-6-16/h2-14H,1H3,(H,34,39)(H,35,36)(H,37,38). The first-order chi connectivity index (χ1) is 19.5. The summed E-state index contributed by atoms with van der Waals surface area (Å²) in [6.07, 6.45) is 6.23. The van der Waals surface area contributed by atoms with Crippen LogP contribution in [0.3, 0.4) is 0 Å². The molecule has 0 aliphatic carbocycles. The fraction of sp³-hybridized carbons (Fsp3) is 0.0345. The number of aromatic nitrogens is 7. The molecule has 0 bridgehead atoms. The molecule has 0 fully saturated rings. The van der Waals surface area contributed by atoms with E-state index in [1.165, 1.54) is 23.5 Å². The van der Waals surface area contributed by atoms with Crippen LogP contribution in [0.4, 0.5) is 10.1 Å². The molecule has 7 rings (SSSR count). The molecule has 11 heteroatoms. The minimum absolute atomic E-state index is 0.0750. The van der Waals surface area contributed by atoms with Crippen molar-refractivity contribution in [1.82, 2.24) is 35.1 Å². The van der Waals surface area contributed by atoms with Crippen molar-refractivity contribution in [3.05, 3.63) is 95.6 Å². The van der Waals surface area contributed by atoms with Crippen molar-refractivity contribution in [2.75, 3.05) is 5.32 Å². The van der Waals surface area contributed by atoms with Crippen LogP contribution in [0.5, 0.6) is 0 Å². The van der Waals surface area contributed by atoms with Crippen molar-refractivity contribution in [3.8, 4) is 33.3 Å². The lowest BCUT2D eigenvalue weighted by molar-refractivity contribution is 0.102. The molecule has 6 aromatic heterocycles. The van der Waals surface area contributed by atoms with Crippen molar-refractivity contribution in [1.29, 1.82) is 0 Å². The van der Waals surface area contributed by atoms with Crippen LogP contribution in [0.25, 0.3) is 55.3 Å². The Kier molecular flexibility index (Phi) is 5.64. The van der Waals surface area contributed by atoms with Crippen LogP contribution in [0.15, 0.2) is 79.4 Å². The molecule has 3 N–H and O–H groups in total. The zero-order valence-electron chi connectivity index (χ0n) is 20.9. The van der Waals surface area contributed by atoms with E-state index in [-0.39, 0.29) is 17.0 Å². The number of nitrogens with one attached hydrogen (secondary N) is 3.